The molecule has 0 unspecified atom stereocenters. The Balaban J connectivity index is 2.23. The third-order valence-corrected chi connectivity index (χ3v) is 3.63. The van der Waals surface area contributed by atoms with Gasteiger partial charge in [0.25, 0.3) is 5.91 Å². The number of anilines is 1. The zero-order chi connectivity index (χ0) is 14.0. The second kappa shape index (κ2) is 5.77. The molecule has 0 saturated carbocycles. The average Bonchev–Trinajstić information content (AvgIpc) is 2.33. The highest BCUT2D eigenvalue weighted by Crippen LogP contribution is 2.25. The maximum Gasteiger partial charge on any atom is 0.259 e. The van der Waals surface area contributed by atoms with Crippen molar-refractivity contribution in [1.29, 1.82) is 0 Å². The predicted octanol–water partition coefficient (Wildman–Crippen LogP) is 4.11. The Kier molecular flexibility index (Phi) is 4.29. The number of carbonyl (C=O) groups excluding carboxylic acids is 1. The van der Waals surface area contributed by atoms with Gasteiger partial charge in [-0.25, -0.2) is 4.98 Å². The zero-order valence-corrected chi connectivity index (χ0v) is 12.4. The molecule has 19 heavy (non-hydrogen) atoms. The lowest BCUT2D eigenvalue weighted by Crippen LogP contribution is -2.12. The van der Waals surface area contributed by atoms with Crippen LogP contribution in [0.1, 0.15) is 10.4 Å². The third kappa shape index (κ3) is 3.37. The fraction of sp³-hybridized carbons (Fsp3) is 0. The molecule has 2 aromatic rings. The van der Waals surface area contributed by atoms with Crippen LogP contribution in [0.15, 0.2) is 34.9 Å². The van der Waals surface area contributed by atoms with Crippen molar-refractivity contribution in [3.63, 3.8) is 0 Å². The number of aromatic nitrogens is 1. The summed E-state index contributed by atoms with van der Waals surface area (Å²) in [5.41, 5.74) is 0.575. The topological polar surface area (TPSA) is 62.2 Å². The lowest BCUT2D eigenvalue weighted by atomic mass is 10.2. The molecule has 2 N–H and O–H groups in total. The number of carbonyl (C=O) groups is 1. The van der Waals surface area contributed by atoms with Gasteiger partial charge in [0.15, 0.2) is 0 Å². The van der Waals surface area contributed by atoms with E-state index in [-0.39, 0.29) is 11.3 Å². The van der Waals surface area contributed by atoms with Gasteiger partial charge in [-0.2, -0.15) is 0 Å². The molecule has 98 valence electrons. The van der Waals surface area contributed by atoms with Crippen LogP contribution in [-0.4, -0.2) is 16.0 Å². The van der Waals surface area contributed by atoms with Gasteiger partial charge in [0.05, 0.1) is 21.9 Å². The van der Waals surface area contributed by atoms with Crippen LogP contribution >= 0.6 is 39.1 Å². The van der Waals surface area contributed by atoms with Crippen molar-refractivity contribution in [2.24, 2.45) is 0 Å². The first-order valence-corrected chi connectivity index (χ1v) is 6.63. The Morgan fingerprint density at radius 1 is 1.32 bits per heavy atom. The molecule has 1 aromatic heterocycles. The van der Waals surface area contributed by atoms with Crippen LogP contribution in [0, 0.1) is 0 Å². The van der Waals surface area contributed by atoms with E-state index in [2.05, 4.69) is 26.2 Å². The molecule has 0 aliphatic heterocycles. The number of hydrogen-bond donors (Lipinski definition) is 2. The molecule has 0 atom stereocenters. The average molecular weight is 362 g/mol. The Morgan fingerprint density at radius 2 is 2.05 bits per heavy atom. The number of benzene rings is 1. The molecule has 0 aliphatic rings. The number of phenols is 1. The largest absolute Gasteiger partial charge is 0.507 e. The van der Waals surface area contributed by atoms with Gasteiger partial charge in [-0.15, -0.1) is 0 Å². The number of nitrogens with zero attached hydrogens (tertiary/aromatic N) is 1. The van der Waals surface area contributed by atoms with Gasteiger partial charge in [-0.1, -0.05) is 23.2 Å². The summed E-state index contributed by atoms with van der Waals surface area (Å²) in [6.07, 6.45) is 1.41. The number of pyridine rings is 1. The van der Waals surface area contributed by atoms with E-state index in [1.807, 2.05) is 0 Å². The van der Waals surface area contributed by atoms with Gasteiger partial charge in [-0.3, -0.25) is 4.79 Å². The first kappa shape index (κ1) is 14.1. The molecule has 1 heterocycles. The summed E-state index contributed by atoms with van der Waals surface area (Å²) in [4.78, 5) is 15.8. The number of amides is 1. The van der Waals surface area contributed by atoms with Crippen LogP contribution in [0.4, 0.5) is 5.69 Å². The van der Waals surface area contributed by atoms with Crippen molar-refractivity contribution >= 4 is 50.7 Å². The quantitative estimate of drug-likeness (QED) is 0.791. The standard InChI is InChI=1S/C12H7BrCl2N2O2/c13-9-4-7(5-16-11(9)15)17-12(19)8-2-1-6(14)3-10(8)18/h1-5,18H,(H,17,19). The predicted molar refractivity (Wildman–Crippen MR) is 78.0 cm³/mol. The van der Waals surface area contributed by atoms with Crippen LogP contribution in [0.2, 0.25) is 10.2 Å². The summed E-state index contributed by atoms with van der Waals surface area (Å²) in [6.45, 7) is 0. The number of halogens is 3. The van der Waals surface area contributed by atoms with Gasteiger partial charge < -0.3 is 10.4 Å². The van der Waals surface area contributed by atoms with E-state index in [4.69, 9.17) is 23.2 Å². The normalized spacial score (nSPS) is 10.3. The minimum Gasteiger partial charge on any atom is -0.507 e. The molecule has 0 saturated heterocycles. The fourth-order valence-corrected chi connectivity index (χ4v) is 2.00. The van der Waals surface area contributed by atoms with Gasteiger partial charge >= 0.3 is 0 Å². The number of hydrogen-bond acceptors (Lipinski definition) is 3. The SMILES string of the molecule is O=C(Nc1cnc(Cl)c(Br)c1)c1ccc(Cl)cc1O. The van der Waals surface area contributed by atoms with Gasteiger partial charge in [0, 0.05) is 5.02 Å². The van der Waals surface area contributed by atoms with Crippen molar-refractivity contribution in [2.45, 2.75) is 0 Å². The molecule has 0 fully saturated rings. The van der Waals surface area contributed by atoms with Crippen LogP contribution in [-0.2, 0) is 0 Å². The molecule has 0 aliphatic carbocycles. The smallest absolute Gasteiger partial charge is 0.259 e. The molecule has 1 aromatic carbocycles. The summed E-state index contributed by atoms with van der Waals surface area (Å²) in [5.74, 6) is -0.656. The molecular weight excluding hydrogens is 355 g/mol. The lowest BCUT2D eigenvalue weighted by molar-refractivity contribution is 0.102. The summed E-state index contributed by atoms with van der Waals surface area (Å²) in [5, 5.41) is 12.9. The zero-order valence-electron chi connectivity index (χ0n) is 9.32. The minimum absolute atomic E-state index is 0.121. The van der Waals surface area contributed by atoms with E-state index in [0.717, 1.165) is 0 Å². The second-order valence-corrected chi connectivity index (χ2v) is 5.26. The third-order valence-electron chi connectivity index (χ3n) is 2.26. The molecule has 7 heteroatoms. The van der Waals surface area contributed by atoms with Crippen molar-refractivity contribution in [3.8, 4) is 5.75 Å². The Bertz CT molecular complexity index is 650. The maximum atomic E-state index is 12.0. The molecule has 4 nitrogen and oxygen atoms in total. The number of aromatic hydroxyl groups is 1. The number of nitrogens with one attached hydrogen (secondary N) is 1. The van der Waals surface area contributed by atoms with E-state index >= 15 is 0 Å². The number of rotatable bonds is 2. The molecule has 0 bridgehead atoms. The van der Waals surface area contributed by atoms with E-state index in [0.29, 0.717) is 20.3 Å². The summed E-state index contributed by atoms with van der Waals surface area (Å²) < 4.78 is 0.562. The van der Waals surface area contributed by atoms with Gasteiger partial charge in [-0.05, 0) is 40.2 Å². The monoisotopic (exact) mass is 360 g/mol. The molecule has 0 radical (unpaired) electrons. The highest BCUT2D eigenvalue weighted by molar-refractivity contribution is 9.10. The number of phenolic OH excluding ortho intramolecular Hbond substituents is 1. The van der Waals surface area contributed by atoms with Crippen LogP contribution in [0.3, 0.4) is 0 Å². The fourth-order valence-electron chi connectivity index (χ4n) is 1.38. The first-order valence-electron chi connectivity index (χ1n) is 5.08. The summed E-state index contributed by atoms with van der Waals surface area (Å²) in [7, 11) is 0. The van der Waals surface area contributed by atoms with Crippen LogP contribution < -0.4 is 5.32 Å². The molecule has 2 rings (SSSR count). The summed E-state index contributed by atoms with van der Waals surface area (Å²) >= 11 is 14.7. The van der Waals surface area contributed by atoms with Crippen molar-refractivity contribution < 1.29 is 9.90 Å². The first-order chi connectivity index (χ1) is 8.97. The molecule has 1 amide bonds. The van der Waals surface area contributed by atoms with Crippen LogP contribution in [0.5, 0.6) is 5.75 Å². The van der Waals surface area contributed by atoms with Crippen molar-refractivity contribution in [3.05, 3.63) is 50.7 Å². The van der Waals surface area contributed by atoms with Crippen molar-refractivity contribution in [1.82, 2.24) is 4.98 Å². The van der Waals surface area contributed by atoms with Crippen molar-refractivity contribution in [2.75, 3.05) is 5.32 Å². The molecular formula is C12H7BrCl2N2O2. The van der Waals surface area contributed by atoms with E-state index in [1.165, 1.54) is 24.4 Å². The van der Waals surface area contributed by atoms with E-state index in [9.17, 15) is 9.90 Å². The van der Waals surface area contributed by atoms with E-state index < -0.39 is 5.91 Å². The Morgan fingerprint density at radius 3 is 2.68 bits per heavy atom. The lowest BCUT2D eigenvalue weighted by Gasteiger charge is -2.07. The Labute approximate surface area is 127 Å². The highest BCUT2D eigenvalue weighted by atomic mass is 79.9. The highest BCUT2D eigenvalue weighted by Gasteiger charge is 2.12. The van der Waals surface area contributed by atoms with Gasteiger partial charge in [0.2, 0.25) is 0 Å². The van der Waals surface area contributed by atoms with Gasteiger partial charge in [0.1, 0.15) is 10.9 Å². The molecule has 0 spiro atoms. The Hall–Kier alpha value is -1.30. The maximum absolute atomic E-state index is 12.0. The minimum atomic E-state index is -0.467. The van der Waals surface area contributed by atoms with E-state index in [1.54, 1.807) is 6.07 Å². The summed E-state index contributed by atoms with van der Waals surface area (Å²) in [6, 6.07) is 5.87. The van der Waals surface area contributed by atoms with Crippen LogP contribution in [0.25, 0.3) is 0 Å². The second-order valence-electron chi connectivity index (χ2n) is 3.61.